The number of nitrogens with zero attached hydrogens (tertiary/aromatic N) is 1. The van der Waals surface area contributed by atoms with Crippen molar-refractivity contribution in [2.75, 3.05) is 12.9 Å². The maximum atomic E-state index is 14.2. The Kier molecular flexibility index (Phi) is 6.44. The summed E-state index contributed by atoms with van der Waals surface area (Å²) in [5.74, 6) is -0.268. The minimum atomic E-state index is -0.321. The molecule has 4 rings (SSSR count). The summed E-state index contributed by atoms with van der Waals surface area (Å²) < 4.78 is 19.9. The van der Waals surface area contributed by atoms with Crippen molar-refractivity contribution < 1.29 is 14.3 Å². The molecule has 2 aliphatic rings. The van der Waals surface area contributed by atoms with Gasteiger partial charge in [0.2, 0.25) is 0 Å². The molecule has 0 aromatic heterocycles. The van der Waals surface area contributed by atoms with Gasteiger partial charge in [-0.25, -0.2) is 4.39 Å². The third-order valence-corrected chi connectivity index (χ3v) is 6.81. The van der Waals surface area contributed by atoms with Gasteiger partial charge in [0.25, 0.3) is 0 Å². The van der Waals surface area contributed by atoms with Gasteiger partial charge in [-0.05, 0) is 103 Å². The second-order valence-electron chi connectivity index (χ2n) is 7.94. The predicted molar refractivity (Wildman–Crippen MR) is 122 cm³/mol. The molecule has 1 aliphatic heterocycles. The van der Waals surface area contributed by atoms with Gasteiger partial charge in [0, 0.05) is 11.5 Å². The lowest BCUT2D eigenvalue weighted by Crippen LogP contribution is -2.43. The van der Waals surface area contributed by atoms with Crippen LogP contribution in [0.15, 0.2) is 52.9 Å². The van der Waals surface area contributed by atoms with E-state index in [0.29, 0.717) is 6.61 Å². The molecule has 30 heavy (non-hydrogen) atoms. The average Bonchev–Trinajstić information content (AvgIpc) is 3.04. The van der Waals surface area contributed by atoms with E-state index in [1.807, 2.05) is 13.0 Å². The number of hydrogen-bond acceptors (Lipinski definition) is 4. The van der Waals surface area contributed by atoms with E-state index in [1.165, 1.54) is 16.0 Å². The second-order valence-corrected chi connectivity index (χ2v) is 8.82. The highest BCUT2D eigenvalue weighted by Gasteiger charge is 2.33. The highest BCUT2D eigenvalue weighted by Crippen LogP contribution is 2.45. The number of thioether (sulfide) groups is 1. The van der Waals surface area contributed by atoms with E-state index in [4.69, 9.17) is 4.74 Å². The minimum absolute atomic E-state index is 0.268. The number of allylic oxidation sites excluding steroid dienone is 2. The fourth-order valence-corrected chi connectivity index (χ4v) is 4.84. The van der Waals surface area contributed by atoms with Crippen LogP contribution in [0.2, 0.25) is 0 Å². The lowest BCUT2D eigenvalue weighted by atomic mass is 9.98. The number of ether oxygens (including phenoxy) is 1. The van der Waals surface area contributed by atoms with Crippen LogP contribution in [0.3, 0.4) is 0 Å². The lowest BCUT2D eigenvalue weighted by molar-refractivity contribution is -0.237. The van der Waals surface area contributed by atoms with E-state index in [-0.39, 0.29) is 18.1 Å². The van der Waals surface area contributed by atoms with Crippen LogP contribution in [0.1, 0.15) is 49.8 Å². The molecule has 2 atom stereocenters. The molecule has 3 nitrogen and oxygen atoms in total. The first-order valence-corrected chi connectivity index (χ1v) is 11.7. The third-order valence-electron chi connectivity index (χ3n) is 6.06. The Morgan fingerprint density at radius 2 is 1.93 bits per heavy atom. The zero-order valence-corrected chi connectivity index (χ0v) is 18.5. The molecule has 2 aromatic rings. The molecule has 1 N–H and O–H groups in total. The van der Waals surface area contributed by atoms with E-state index in [1.54, 1.807) is 17.8 Å². The molecule has 1 saturated heterocycles. The highest BCUT2D eigenvalue weighted by molar-refractivity contribution is 7.98. The first kappa shape index (κ1) is 21.3. The number of fused-ring (bicyclic) bond motifs is 1. The highest BCUT2D eigenvalue weighted by atomic mass is 32.2. The van der Waals surface area contributed by atoms with Crippen molar-refractivity contribution in [2.24, 2.45) is 0 Å². The van der Waals surface area contributed by atoms with E-state index in [2.05, 4.69) is 43.5 Å². The summed E-state index contributed by atoms with van der Waals surface area (Å²) in [6.07, 6.45) is 6.75. The standard InChI is InChI=1S/C25H28FNO2S/c1-16-22(14-18-7-10-20(30-3)11-8-18)21-12-9-19(26)15-23(21)25(16)17(2)27(28)24-6-4-5-13-29-24/h7-12,14-15,17,24,28H,4-6,13H2,1-3H3/b22-14-. The van der Waals surface area contributed by atoms with Gasteiger partial charge in [-0.2, -0.15) is 5.06 Å². The van der Waals surface area contributed by atoms with Crippen LogP contribution in [0, 0.1) is 5.82 Å². The minimum Gasteiger partial charge on any atom is -0.361 e. The van der Waals surface area contributed by atoms with E-state index in [9.17, 15) is 9.60 Å². The van der Waals surface area contributed by atoms with Gasteiger partial charge in [0.1, 0.15) is 12.0 Å². The zero-order valence-electron chi connectivity index (χ0n) is 17.7. The Balaban J connectivity index is 1.74. The Labute approximate surface area is 182 Å². The first-order valence-electron chi connectivity index (χ1n) is 10.5. The zero-order chi connectivity index (χ0) is 21.3. The molecule has 158 valence electrons. The van der Waals surface area contributed by atoms with Crippen molar-refractivity contribution in [1.29, 1.82) is 0 Å². The van der Waals surface area contributed by atoms with E-state index >= 15 is 0 Å². The van der Waals surface area contributed by atoms with Crippen molar-refractivity contribution in [1.82, 2.24) is 5.06 Å². The number of rotatable bonds is 5. The summed E-state index contributed by atoms with van der Waals surface area (Å²) in [7, 11) is 0. The van der Waals surface area contributed by atoms with Crippen LogP contribution >= 0.6 is 11.8 Å². The van der Waals surface area contributed by atoms with Gasteiger partial charge in [-0.1, -0.05) is 18.2 Å². The summed E-state index contributed by atoms with van der Waals surface area (Å²) >= 11 is 1.72. The Hall–Kier alpha value is -1.92. The van der Waals surface area contributed by atoms with Crippen molar-refractivity contribution in [2.45, 2.75) is 50.3 Å². The van der Waals surface area contributed by atoms with Crippen LogP contribution in [0.25, 0.3) is 17.2 Å². The van der Waals surface area contributed by atoms with Crippen molar-refractivity contribution in [3.8, 4) is 0 Å². The molecule has 1 aliphatic carbocycles. The summed E-state index contributed by atoms with van der Waals surface area (Å²) in [5, 5.41) is 12.2. The summed E-state index contributed by atoms with van der Waals surface area (Å²) in [4.78, 5) is 1.22. The Morgan fingerprint density at radius 1 is 1.17 bits per heavy atom. The van der Waals surface area contributed by atoms with Gasteiger partial charge in [0.05, 0.1) is 6.04 Å². The fourth-order valence-electron chi connectivity index (χ4n) is 4.43. The molecule has 1 fully saturated rings. The SMILES string of the molecule is CSc1ccc(/C=C2/C(C)=C(C(C)N(O)C3CCCCO3)c3cc(F)ccc32)cc1. The molecular formula is C25H28FNO2S. The van der Waals surface area contributed by atoms with Crippen molar-refractivity contribution in [3.63, 3.8) is 0 Å². The normalized spacial score (nSPS) is 21.4. The van der Waals surface area contributed by atoms with Crippen LogP contribution in [0.4, 0.5) is 4.39 Å². The Bertz CT molecular complexity index is 977. The molecule has 5 heteroatoms. The van der Waals surface area contributed by atoms with Crippen LogP contribution < -0.4 is 0 Å². The van der Waals surface area contributed by atoms with Crippen LogP contribution in [-0.2, 0) is 4.74 Å². The lowest BCUT2D eigenvalue weighted by Gasteiger charge is -2.34. The smallest absolute Gasteiger partial charge is 0.133 e. The fraction of sp³-hybridized carbons (Fsp3) is 0.360. The van der Waals surface area contributed by atoms with Crippen LogP contribution in [-0.4, -0.2) is 35.4 Å². The van der Waals surface area contributed by atoms with Gasteiger partial charge < -0.3 is 9.94 Å². The summed E-state index contributed by atoms with van der Waals surface area (Å²) in [6, 6.07) is 13.0. The number of halogens is 1. The average molecular weight is 426 g/mol. The number of hydroxylamine groups is 2. The van der Waals surface area contributed by atoms with Crippen molar-refractivity contribution in [3.05, 3.63) is 70.5 Å². The molecule has 0 radical (unpaired) electrons. The molecule has 0 bridgehead atoms. The molecule has 0 saturated carbocycles. The predicted octanol–water partition coefficient (Wildman–Crippen LogP) is 6.48. The van der Waals surface area contributed by atoms with Gasteiger partial charge >= 0.3 is 0 Å². The van der Waals surface area contributed by atoms with Gasteiger partial charge in [0.15, 0.2) is 0 Å². The summed E-state index contributed by atoms with van der Waals surface area (Å²) in [6.45, 7) is 4.68. The van der Waals surface area contributed by atoms with E-state index in [0.717, 1.165) is 52.7 Å². The monoisotopic (exact) mass is 425 g/mol. The van der Waals surface area contributed by atoms with Gasteiger partial charge in [-0.15, -0.1) is 11.8 Å². The van der Waals surface area contributed by atoms with Crippen LogP contribution in [0.5, 0.6) is 0 Å². The quantitative estimate of drug-likeness (QED) is 0.439. The van der Waals surface area contributed by atoms with Gasteiger partial charge in [-0.3, -0.25) is 0 Å². The maximum Gasteiger partial charge on any atom is 0.133 e. The first-order chi connectivity index (χ1) is 14.5. The third kappa shape index (κ3) is 4.12. The number of hydrogen-bond donors (Lipinski definition) is 1. The van der Waals surface area contributed by atoms with Crippen molar-refractivity contribution >= 4 is 29.0 Å². The second kappa shape index (κ2) is 9.06. The topological polar surface area (TPSA) is 32.7 Å². The Morgan fingerprint density at radius 3 is 2.60 bits per heavy atom. The molecule has 2 aromatic carbocycles. The molecule has 0 spiro atoms. The molecule has 1 heterocycles. The molecule has 0 amide bonds. The summed E-state index contributed by atoms with van der Waals surface area (Å²) in [5.41, 5.74) is 6.04. The molecular weight excluding hydrogens is 397 g/mol. The molecule has 2 unspecified atom stereocenters. The van der Waals surface area contributed by atoms with E-state index < -0.39 is 0 Å². The largest absolute Gasteiger partial charge is 0.361 e. The number of benzene rings is 2. The maximum absolute atomic E-state index is 14.2.